The van der Waals surface area contributed by atoms with Gasteiger partial charge in [-0.1, -0.05) is 35.9 Å². The third-order valence-corrected chi connectivity index (χ3v) is 3.94. The van der Waals surface area contributed by atoms with Crippen LogP contribution in [-0.2, 0) is 12.8 Å². The van der Waals surface area contributed by atoms with Gasteiger partial charge in [0.2, 0.25) is 0 Å². The molecule has 2 heteroatoms. The maximum Gasteiger partial charge on any atom is 0.132 e. The van der Waals surface area contributed by atoms with Crippen molar-refractivity contribution in [1.29, 1.82) is 0 Å². The first-order valence-corrected chi connectivity index (χ1v) is 6.70. The average Bonchev–Trinajstić information content (AvgIpc) is 2.39. The number of rotatable bonds is 1. The second-order valence-corrected chi connectivity index (χ2v) is 5.15. The second kappa shape index (κ2) is 4.74. The molecular weight excluding hydrogens is 247 g/mol. The Kier molecular flexibility index (Phi) is 3.09. The first kappa shape index (κ1) is 11.7. The Labute approximate surface area is 111 Å². The summed E-state index contributed by atoms with van der Waals surface area (Å²) in [4.78, 5) is 0. The van der Waals surface area contributed by atoms with E-state index in [4.69, 9.17) is 11.6 Å². The SMILES string of the molecule is Fc1cccc(Cl)c1-c1cccc2c1CCCC2. The van der Waals surface area contributed by atoms with Gasteiger partial charge in [0.1, 0.15) is 5.82 Å². The van der Waals surface area contributed by atoms with Crippen molar-refractivity contribution in [2.24, 2.45) is 0 Å². The lowest BCUT2D eigenvalue weighted by Crippen LogP contribution is -2.05. The minimum Gasteiger partial charge on any atom is -0.206 e. The highest BCUT2D eigenvalue weighted by atomic mass is 35.5. The maximum atomic E-state index is 14.0. The molecule has 0 heterocycles. The number of benzene rings is 2. The smallest absolute Gasteiger partial charge is 0.132 e. The molecule has 1 aliphatic rings. The highest BCUT2D eigenvalue weighted by Crippen LogP contribution is 2.36. The fourth-order valence-corrected chi connectivity index (χ4v) is 3.04. The standard InChI is InChI=1S/C16H14ClF/c17-14-9-4-10-15(18)16(14)13-8-3-6-11-5-1-2-7-12(11)13/h3-4,6,8-10H,1-2,5,7H2. The summed E-state index contributed by atoms with van der Waals surface area (Å²) in [5.74, 6) is -0.235. The summed E-state index contributed by atoms with van der Waals surface area (Å²) in [6.07, 6.45) is 4.52. The van der Waals surface area contributed by atoms with Crippen molar-refractivity contribution < 1.29 is 4.39 Å². The normalized spacial score (nSPS) is 14.3. The molecule has 3 rings (SSSR count). The molecule has 0 aromatic heterocycles. The molecule has 0 bridgehead atoms. The zero-order valence-electron chi connectivity index (χ0n) is 10.0. The molecule has 2 aromatic carbocycles. The highest BCUT2D eigenvalue weighted by Gasteiger charge is 2.17. The van der Waals surface area contributed by atoms with Gasteiger partial charge in [-0.15, -0.1) is 0 Å². The van der Waals surface area contributed by atoms with Crippen LogP contribution in [0.5, 0.6) is 0 Å². The van der Waals surface area contributed by atoms with Crippen LogP contribution in [-0.4, -0.2) is 0 Å². The molecule has 0 nitrogen and oxygen atoms in total. The number of hydrogen-bond donors (Lipinski definition) is 0. The lowest BCUT2D eigenvalue weighted by atomic mass is 9.86. The van der Waals surface area contributed by atoms with Crippen LogP contribution in [0.1, 0.15) is 24.0 Å². The molecule has 92 valence electrons. The van der Waals surface area contributed by atoms with Crippen LogP contribution in [0.3, 0.4) is 0 Å². The van der Waals surface area contributed by atoms with Crippen molar-refractivity contribution in [1.82, 2.24) is 0 Å². The predicted octanol–water partition coefficient (Wildman–Crippen LogP) is 5.02. The van der Waals surface area contributed by atoms with E-state index >= 15 is 0 Å². The van der Waals surface area contributed by atoms with Gasteiger partial charge in [-0.2, -0.15) is 0 Å². The Balaban J connectivity index is 2.23. The lowest BCUT2D eigenvalue weighted by molar-refractivity contribution is 0.630. The van der Waals surface area contributed by atoms with Crippen molar-refractivity contribution in [2.75, 3.05) is 0 Å². The summed E-state index contributed by atoms with van der Waals surface area (Å²) >= 11 is 6.17. The maximum absolute atomic E-state index is 14.0. The van der Waals surface area contributed by atoms with Crippen LogP contribution in [0, 0.1) is 5.82 Å². The van der Waals surface area contributed by atoms with Crippen LogP contribution >= 0.6 is 11.6 Å². The summed E-state index contributed by atoms with van der Waals surface area (Å²) in [5.41, 5.74) is 4.14. The number of fused-ring (bicyclic) bond motifs is 1. The van der Waals surface area contributed by atoms with Crippen LogP contribution in [0.2, 0.25) is 5.02 Å². The Morgan fingerprint density at radius 3 is 2.56 bits per heavy atom. The first-order chi connectivity index (χ1) is 8.77. The van der Waals surface area contributed by atoms with Crippen molar-refractivity contribution in [3.8, 4) is 11.1 Å². The molecule has 0 N–H and O–H groups in total. The molecule has 0 saturated carbocycles. The minimum atomic E-state index is -0.235. The molecule has 0 saturated heterocycles. The molecule has 0 fully saturated rings. The molecule has 0 unspecified atom stereocenters. The lowest BCUT2D eigenvalue weighted by Gasteiger charge is -2.20. The topological polar surface area (TPSA) is 0 Å². The Morgan fingerprint density at radius 2 is 1.72 bits per heavy atom. The predicted molar refractivity (Wildman–Crippen MR) is 73.5 cm³/mol. The Bertz CT molecular complexity index is 569. The summed E-state index contributed by atoms with van der Waals surface area (Å²) in [6.45, 7) is 0. The van der Waals surface area contributed by atoms with Gasteiger partial charge in [0.25, 0.3) is 0 Å². The zero-order chi connectivity index (χ0) is 12.5. The fourth-order valence-electron chi connectivity index (χ4n) is 2.77. The molecule has 2 aromatic rings. The van der Waals surface area contributed by atoms with Gasteiger partial charge in [0, 0.05) is 5.56 Å². The summed E-state index contributed by atoms with van der Waals surface area (Å²) in [6, 6.07) is 11.0. The average molecular weight is 261 g/mol. The van der Waals surface area contributed by atoms with E-state index in [2.05, 4.69) is 6.07 Å². The van der Waals surface area contributed by atoms with Gasteiger partial charge in [0.15, 0.2) is 0 Å². The van der Waals surface area contributed by atoms with Crippen molar-refractivity contribution in [3.63, 3.8) is 0 Å². The fraction of sp³-hybridized carbons (Fsp3) is 0.250. The van der Waals surface area contributed by atoms with Crippen LogP contribution < -0.4 is 0 Å². The van der Waals surface area contributed by atoms with E-state index < -0.39 is 0 Å². The highest BCUT2D eigenvalue weighted by molar-refractivity contribution is 6.33. The van der Waals surface area contributed by atoms with E-state index in [1.165, 1.54) is 30.0 Å². The molecule has 0 amide bonds. The largest absolute Gasteiger partial charge is 0.206 e. The van der Waals surface area contributed by atoms with E-state index in [0.717, 1.165) is 18.4 Å². The number of halogens is 2. The van der Waals surface area contributed by atoms with Crippen LogP contribution in [0.25, 0.3) is 11.1 Å². The number of aryl methyl sites for hydroxylation is 1. The van der Waals surface area contributed by atoms with Gasteiger partial charge in [0.05, 0.1) is 5.02 Å². The van der Waals surface area contributed by atoms with E-state index in [9.17, 15) is 4.39 Å². The molecule has 0 aliphatic heterocycles. The van der Waals surface area contributed by atoms with E-state index in [1.807, 2.05) is 12.1 Å². The van der Waals surface area contributed by atoms with Gasteiger partial charge in [-0.25, -0.2) is 4.39 Å². The molecule has 1 aliphatic carbocycles. The molecule has 0 atom stereocenters. The van der Waals surface area contributed by atoms with Crippen LogP contribution in [0.4, 0.5) is 4.39 Å². The molecule has 0 spiro atoms. The molecule has 18 heavy (non-hydrogen) atoms. The summed E-state index contributed by atoms with van der Waals surface area (Å²) < 4.78 is 14.0. The summed E-state index contributed by atoms with van der Waals surface area (Å²) in [5, 5.41) is 0.494. The van der Waals surface area contributed by atoms with Crippen molar-refractivity contribution >= 4 is 11.6 Å². The van der Waals surface area contributed by atoms with E-state index in [0.29, 0.717) is 10.6 Å². The Hall–Kier alpha value is -1.34. The zero-order valence-corrected chi connectivity index (χ0v) is 10.8. The second-order valence-electron chi connectivity index (χ2n) is 4.75. The van der Waals surface area contributed by atoms with Gasteiger partial charge in [-0.3, -0.25) is 0 Å². The van der Waals surface area contributed by atoms with Crippen molar-refractivity contribution in [2.45, 2.75) is 25.7 Å². The first-order valence-electron chi connectivity index (χ1n) is 6.32. The molecular formula is C16H14ClF. The minimum absolute atomic E-state index is 0.235. The van der Waals surface area contributed by atoms with Crippen molar-refractivity contribution in [3.05, 3.63) is 58.4 Å². The third kappa shape index (κ3) is 1.93. The third-order valence-electron chi connectivity index (χ3n) is 3.63. The van der Waals surface area contributed by atoms with Gasteiger partial charge < -0.3 is 0 Å². The molecule has 0 radical (unpaired) electrons. The van der Waals surface area contributed by atoms with E-state index in [1.54, 1.807) is 12.1 Å². The number of hydrogen-bond acceptors (Lipinski definition) is 0. The van der Waals surface area contributed by atoms with E-state index in [-0.39, 0.29) is 5.82 Å². The van der Waals surface area contributed by atoms with Gasteiger partial charge >= 0.3 is 0 Å². The quantitative estimate of drug-likeness (QED) is 0.675. The Morgan fingerprint density at radius 1 is 0.944 bits per heavy atom. The van der Waals surface area contributed by atoms with Gasteiger partial charge in [-0.05, 0) is 54.5 Å². The summed E-state index contributed by atoms with van der Waals surface area (Å²) in [7, 11) is 0. The van der Waals surface area contributed by atoms with Crippen LogP contribution in [0.15, 0.2) is 36.4 Å². The monoisotopic (exact) mass is 260 g/mol.